The molecule has 6 heteroatoms. The number of rotatable bonds is 9. The van der Waals surface area contributed by atoms with Crippen molar-refractivity contribution in [1.82, 2.24) is 9.55 Å². The zero-order valence-corrected chi connectivity index (χ0v) is 18.0. The van der Waals surface area contributed by atoms with Crippen molar-refractivity contribution in [3.8, 4) is 23.0 Å². The van der Waals surface area contributed by atoms with E-state index >= 15 is 0 Å². The van der Waals surface area contributed by atoms with Gasteiger partial charge in [-0.25, -0.2) is 4.98 Å². The normalized spacial score (nSPS) is 10.8. The van der Waals surface area contributed by atoms with Gasteiger partial charge in [-0.15, -0.1) is 0 Å². The third-order valence-electron chi connectivity index (χ3n) is 5.19. The molecule has 0 N–H and O–H groups in total. The predicted octanol–water partition coefficient (Wildman–Crippen LogP) is 4.73. The van der Waals surface area contributed by atoms with Gasteiger partial charge in [0, 0.05) is 6.42 Å². The molecule has 0 saturated carbocycles. The molecule has 0 bridgehead atoms. The molecular weight excluding hydrogens is 392 g/mol. The third-order valence-corrected chi connectivity index (χ3v) is 5.19. The Hall–Kier alpha value is -3.67. The minimum atomic E-state index is 0.533. The Morgan fingerprint density at radius 2 is 1.52 bits per heavy atom. The lowest BCUT2D eigenvalue weighted by molar-refractivity contribution is 0.298. The Morgan fingerprint density at radius 3 is 2.26 bits per heavy atom. The van der Waals surface area contributed by atoms with Crippen LogP contribution >= 0.6 is 0 Å². The number of fused-ring (bicyclic) bond motifs is 1. The average molecular weight is 418 g/mol. The summed E-state index contributed by atoms with van der Waals surface area (Å²) in [5.41, 5.74) is 3.17. The molecule has 0 amide bonds. The highest BCUT2D eigenvalue weighted by atomic mass is 16.5. The highest BCUT2D eigenvalue weighted by Gasteiger charge is 2.13. The minimum Gasteiger partial charge on any atom is -0.497 e. The molecule has 160 valence electrons. The maximum absolute atomic E-state index is 5.96. The molecular formula is C25H26N2O4. The number of nitrogens with zero attached hydrogens (tertiary/aromatic N) is 2. The Balaban J connectivity index is 1.55. The van der Waals surface area contributed by atoms with Crippen LogP contribution in [-0.4, -0.2) is 37.5 Å². The van der Waals surface area contributed by atoms with Crippen molar-refractivity contribution in [2.45, 2.75) is 13.0 Å². The number of para-hydroxylation sites is 2. The van der Waals surface area contributed by atoms with Crippen LogP contribution in [0.3, 0.4) is 0 Å². The van der Waals surface area contributed by atoms with E-state index in [2.05, 4.69) is 10.6 Å². The number of hydrogen-bond acceptors (Lipinski definition) is 5. The molecule has 3 aromatic carbocycles. The summed E-state index contributed by atoms with van der Waals surface area (Å²) in [7, 11) is 4.94. The van der Waals surface area contributed by atoms with Gasteiger partial charge < -0.3 is 23.5 Å². The van der Waals surface area contributed by atoms with Crippen LogP contribution in [0.4, 0.5) is 0 Å². The van der Waals surface area contributed by atoms with Crippen LogP contribution in [0.5, 0.6) is 23.0 Å². The van der Waals surface area contributed by atoms with Crippen molar-refractivity contribution in [1.29, 1.82) is 0 Å². The van der Waals surface area contributed by atoms with E-state index in [1.54, 1.807) is 21.3 Å². The minimum absolute atomic E-state index is 0.533. The second kappa shape index (κ2) is 9.43. The van der Waals surface area contributed by atoms with Gasteiger partial charge in [-0.05, 0) is 54.1 Å². The topological polar surface area (TPSA) is 54.7 Å². The summed E-state index contributed by atoms with van der Waals surface area (Å²) < 4.78 is 24.2. The van der Waals surface area contributed by atoms with Crippen molar-refractivity contribution in [2.24, 2.45) is 0 Å². The zero-order chi connectivity index (χ0) is 21.6. The molecule has 4 aromatic rings. The molecule has 1 aromatic heterocycles. The molecule has 0 saturated heterocycles. The van der Waals surface area contributed by atoms with Gasteiger partial charge >= 0.3 is 0 Å². The SMILES string of the molecule is COc1ccc(OCCn2c(Cc3ccc(OC)c(OC)c3)nc3ccccc32)cc1. The quantitative estimate of drug-likeness (QED) is 0.393. The number of hydrogen-bond donors (Lipinski definition) is 0. The van der Waals surface area contributed by atoms with Crippen molar-refractivity contribution >= 4 is 11.0 Å². The largest absolute Gasteiger partial charge is 0.497 e. The van der Waals surface area contributed by atoms with Gasteiger partial charge in [0.1, 0.15) is 23.9 Å². The number of benzene rings is 3. The summed E-state index contributed by atoms with van der Waals surface area (Å²) in [6.45, 7) is 1.22. The average Bonchev–Trinajstić information content (AvgIpc) is 3.16. The summed E-state index contributed by atoms with van der Waals surface area (Å²) in [4.78, 5) is 4.87. The molecule has 0 aliphatic heterocycles. The van der Waals surface area contributed by atoms with E-state index < -0.39 is 0 Å². The monoisotopic (exact) mass is 418 g/mol. The van der Waals surface area contributed by atoms with Crippen molar-refractivity contribution in [3.05, 3.63) is 78.1 Å². The van der Waals surface area contributed by atoms with Gasteiger partial charge in [0.15, 0.2) is 11.5 Å². The fourth-order valence-corrected chi connectivity index (χ4v) is 3.61. The van der Waals surface area contributed by atoms with Gasteiger partial charge in [-0.1, -0.05) is 18.2 Å². The zero-order valence-electron chi connectivity index (χ0n) is 18.0. The summed E-state index contributed by atoms with van der Waals surface area (Å²) in [5, 5.41) is 0. The Bertz CT molecular complexity index is 1150. The molecule has 0 fully saturated rings. The fourth-order valence-electron chi connectivity index (χ4n) is 3.61. The Labute approximate surface area is 182 Å². The van der Waals surface area contributed by atoms with Crippen LogP contribution in [0.15, 0.2) is 66.7 Å². The lowest BCUT2D eigenvalue weighted by Crippen LogP contribution is -2.11. The van der Waals surface area contributed by atoms with E-state index in [9.17, 15) is 0 Å². The van der Waals surface area contributed by atoms with Gasteiger partial charge in [0.25, 0.3) is 0 Å². The first-order valence-electron chi connectivity index (χ1n) is 10.1. The van der Waals surface area contributed by atoms with Crippen LogP contribution < -0.4 is 18.9 Å². The van der Waals surface area contributed by atoms with Gasteiger partial charge in [0.05, 0.1) is 38.9 Å². The lowest BCUT2D eigenvalue weighted by atomic mass is 10.1. The summed E-state index contributed by atoms with van der Waals surface area (Å²) in [6, 6.07) is 21.7. The first kappa shape index (κ1) is 20.6. The van der Waals surface area contributed by atoms with Crippen LogP contribution in [-0.2, 0) is 13.0 Å². The van der Waals surface area contributed by atoms with E-state index in [0.717, 1.165) is 33.9 Å². The molecule has 0 aliphatic carbocycles. The van der Waals surface area contributed by atoms with E-state index in [1.165, 1.54) is 0 Å². The standard InChI is InChI=1S/C25H26N2O4/c1-28-19-9-11-20(12-10-19)31-15-14-27-22-7-5-4-6-21(22)26-25(27)17-18-8-13-23(29-2)24(16-18)30-3/h4-13,16H,14-15,17H2,1-3H3. The molecule has 4 rings (SSSR count). The summed E-state index contributed by atoms with van der Waals surface area (Å²) in [5.74, 6) is 4.03. The second-order valence-electron chi connectivity index (χ2n) is 7.06. The number of ether oxygens (including phenoxy) is 4. The van der Waals surface area contributed by atoms with Crippen molar-refractivity contribution in [2.75, 3.05) is 27.9 Å². The van der Waals surface area contributed by atoms with Gasteiger partial charge in [-0.2, -0.15) is 0 Å². The first-order chi connectivity index (χ1) is 15.2. The van der Waals surface area contributed by atoms with Crippen LogP contribution in [0.25, 0.3) is 11.0 Å². The maximum Gasteiger partial charge on any atom is 0.161 e. The smallest absolute Gasteiger partial charge is 0.161 e. The molecule has 0 radical (unpaired) electrons. The molecule has 0 unspecified atom stereocenters. The number of methoxy groups -OCH3 is 3. The van der Waals surface area contributed by atoms with Crippen LogP contribution in [0.2, 0.25) is 0 Å². The molecule has 31 heavy (non-hydrogen) atoms. The van der Waals surface area contributed by atoms with Gasteiger partial charge in [-0.3, -0.25) is 0 Å². The fraction of sp³-hybridized carbons (Fsp3) is 0.240. The number of imidazole rings is 1. The number of aromatic nitrogens is 2. The third kappa shape index (κ3) is 4.58. The Kier molecular flexibility index (Phi) is 6.26. The summed E-state index contributed by atoms with van der Waals surface area (Å²) in [6.07, 6.45) is 0.678. The predicted molar refractivity (Wildman–Crippen MR) is 121 cm³/mol. The summed E-state index contributed by atoms with van der Waals surface area (Å²) >= 11 is 0. The molecule has 0 spiro atoms. The van der Waals surface area contributed by atoms with E-state index in [1.807, 2.05) is 60.7 Å². The molecule has 0 aliphatic rings. The highest BCUT2D eigenvalue weighted by molar-refractivity contribution is 5.76. The maximum atomic E-state index is 5.96. The van der Waals surface area contributed by atoms with Crippen molar-refractivity contribution < 1.29 is 18.9 Å². The van der Waals surface area contributed by atoms with Crippen molar-refractivity contribution in [3.63, 3.8) is 0 Å². The van der Waals surface area contributed by atoms with Gasteiger partial charge in [0.2, 0.25) is 0 Å². The highest BCUT2D eigenvalue weighted by Crippen LogP contribution is 2.29. The molecule has 1 heterocycles. The van der Waals surface area contributed by atoms with E-state index in [-0.39, 0.29) is 0 Å². The molecule has 0 atom stereocenters. The van der Waals surface area contributed by atoms with Crippen LogP contribution in [0.1, 0.15) is 11.4 Å². The van der Waals surface area contributed by atoms with E-state index in [0.29, 0.717) is 31.1 Å². The second-order valence-corrected chi connectivity index (χ2v) is 7.06. The lowest BCUT2D eigenvalue weighted by Gasteiger charge is -2.12. The van der Waals surface area contributed by atoms with Crippen LogP contribution in [0, 0.1) is 0 Å². The molecule has 6 nitrogen and oxygen atoms in total. The first-order valence-corrected chi connectivity index (χ1v) is 10.1. The van der Waals surface area contributed by atoms with E-state index in [4.69, 9.17) is 23.9 Å². The Morgan fingerprint density at radius 1 is 0.774 bits per heavy atom.